The zero-order valence-corrected chi connectivity index (χ0v) is 19.5. The molecule has 2 atom stereocenters. The van der Waals surface area contributed by atoms with E-state index in [4.69, 9.17) is 14.2 Å². The van der Waals surface area contributed by atoms with Crippen LogP contribution in [0.1, 0.15) is 23.1 Å². The predicted octanol–water partition coefficient (Wildman–Crippen LogP) is 2.74. The first-order valence-corrected chi connectivity index (χ1v) is 11.3. The number of anilines is 2. The molecule has 174 valence electrons. The molecule has 0 bridgehead atoms. The van der Waals surface area contributed by atoms with Crippen molar-refractivity contribution in [3.8, 4) is 11.5 Å². The Labute approximate surface area is 195 Å². The van der Waals surface area contributed by atoms with Crippen molar-refractivity contribution in [2.75, 3.05) is 44.6 Å². The zero-order valence-electron chi connectivity index (χ0n) is 18.7. The Bertz CT molecular complexity index is 1080. The van der Waals surface area contributed by atoms with E-state index in [1.165, 1.54) is 18.4 Å². The third-order valence-corrected chi connectivity index (χ3v) is 6.37. The van der Waals surface area contributed by atoms with Crippen LogP contribution in [0.3, 0.4) is 0 Å². The molecule has 1 saturated heterocycles. The molecule has 0 spiro atoms. The third-order valence-electron chi connectivity index (χ3n) is 5.51. The topological polar surface area (TPSA) is 112 Å². The van der Waals surface area contributed by atoms with Gasteiger partial charge in [-0.25, -0.2) is 0 Å². The van der Waals surface area contributed by atoms with Gasteiger partial charge in [-0.2, -0.15) is 5.10 Å². The van der Waals surface area contributed by atoms with E-state index in [0.29, 0.717) is 28.1 Å². The lowest BCUT2D eigenvalue weighted by Crippen LogP contribution is -2.22. The molecule has 1 aliphatic rings. The number of methoxy groups -OCH3 is 3. The van der Waals surface area contributed by atoms with Crippen LogP contribution < -0.4 is 19.7 Å². The molecule has 0 unspecified atom stereocenters. The Kier molecular flexibility index (Phi) is 7.30. The Morgan fingerprint density at radius 3 is 2.76 bits per heavy atom. The van der Waals surface area contributed by atoms with E-state index in [-0.39, 0.29) is 5.91 Å². The van der Waals surface area contributed by atoms with Crippen LogP contribution in [0.2, 0.25) is 0 Å². The number of hydrogen-bond donors (Lipinski definition) is 1. The van der Waals surface area contributed by atoms with E-state index < -0.39 is 6.10 Å². The van der Waals surface area contributed by atoms with Crippen LogP contribution in [0.25, 0.3) is 0 Å². The molecule has 33 heavy (non-hydrogen) atoms. The molecule has 3 heterocycles. The minimum atomic E-state index is -0.826. The van der Waals surface area contributed by atoms with Gasteiger partial charge >= 0.3 is 0 Å². The predicted molar refractivity (Wildman–Crippen MR) is 124 cm³/mol. The summed E-state index contributed by atoms with van der Waals surface area (Å²) in [6.07, 6.45) is 2.69. The lowest BCUT2D eigenvalue weighted by molar-refractivity contribution is -0.126. The SMILES string of the molecule is COc1ccc([C@@H](OC)C(=O)Nc2nnc(C[C@@H]3CCN(c4cccnn4)C3)s2)cc1OC. The molecule has 1 N–H and O–H groups in total. The first-order valence-electron chi connectivity index (χ1n) is 10.5. The maximum atomic E-state index is 12.9. The van der Waals surface area contributed by atoms with Crippen molar-refractivity contribution in [2.45, 2.75) is 18.9 Å². The average Bonchev–Trinajstić information content (AvgIpc) is 3.49. The highest BCUT2D eigenvalue weighted by Crippen LogP contribution is 2.32. The van der Waals surface area contributed by atoms with E-state index in [1.807, 2.05) is 12.1 Å². The fourth-order valence-corrected chi connectivity index (χ4v) is 4.74. The summed E-state index contributed by atoms with van der Waals surface area (Å²) >= 11 is 1.38. The number of carbonyl (C=O) groups excluding carboxylic acids is 1. The first kappa shape index (κ1) is 22.9. The molecule has 0 radical (unpaired) electrons. The molecule has 3 aromatic rings. The highest BCUT2D eigenvalue weighted by molar-refractivity contribution is 7.15. The van der Waals surface area contributed by atoms with E-state index in [0.717, 1.165) is 36.8 Å². The normalized spacial score (nSPS) is 16.5. The number of carbonyl (C=O) groups is 1. The Balaban J connectivity index is 1.36. The fraction of sp³-hybridized carbons (Fsp3) is 0.409. The average molecular weight is 471 g/mol. The summed E-state index contributed by atoms with van der Waals surface area (Å²) in [5, 5.41) is 20.7. The minimum Gasteiger partial charge on any atom is -0.493 e. The van der Waals surface area contributed by atoms with Gasteiger partial charge in [-0.15, -0.1) is 15.3 Å². The lowest BCUT2D eigenvalue weighted by Gasteiger charge is -2.16. The monoisotopic (exact) mass is 470 g/mol. The number of rotatable bonds is 9. The van der Waals surface area contributed by atoms with Crippen LogP contribution in [0.4, 0.5) is 10.9 Å². The number of amides is 1. The molecule has 10 nitrogen and oxygen atoms in total. The molecule has 11 heteroatoms. The molecule has 0 aliphatic carbocycles. The molecule has 1 aromatic carbocycles. The van der Waals surface area contributed by atoms with Gasteiger partial charge in [0, 0.05) is 32.8 Å². The van der Waals surface area contributed by atoms with Crippen molar-refractivity contribution in [3.05, 3.63) is 47.1 Å². The van der Waals surface area contributed by atoms with Crippen molar-refractivity contribution in [1.29, 1.82) is 0 Å². The Morgan fingerprint density at radius 2 is 2.03 bits per heavy atom. The number of ether oxygens (including phenoxy) is 3. The second-order valence-electron chi connectivity index (χ2n) is 7.61. The van der Waals surface area contributed by atoms with Gasteiger partial charge in [-0.3, -0.25) is 10.1 Å². The van der Waals surface area contributed by atoms with Crippen molar-refractivity contribution in [1.82, 2.24) is 20.4 Å². The largest absolute Gasteiger partial charge is 0.493 e. The van der Waals surface area contributed by atoms with Crippen LogP contribution in [0, 0.1) is 5.92 Å². The van der Waals surface area contributed by atoms with E-state index in [1.54, 1.807) is 38.6 Å². The van der Waals surface area contributed by atoms with E-state index in [9.17, 15) is 4.79 Å². The highest BCUT2D eigenvalue weighted by Gasteiger charge is 2.26. The molecular weight excluding hydrogens is 444 g/mol. The maximum absolute atomic E-state index is 12.9. The van der Waals surface area contributed by atoms with Gasteiger partial charge in [0.15, 0.2) is 23.4 Å². The van der Waals surface area contributed by atoms with Gasteiger partial charge < -0.3 is 19.1 Å². The number of nitrogens with one attached hydrogen (secondary N) is 1. The molecule has 1 aliphatic heterocycles. The second kappa shape index (κ2) is 10.5. The number of benzene rings is 1. The second-order valence-corrected chi connectivity index (χ2v) is 8.67. The molecule has 1 amide bonds. The summed E-state index contributed by atoms with van der Waals surface area (Å²) in [4.78, 5) is 15.1. The minimum absolute atomic E-state index is 0.331. The van der Waals surface area contributed by atoms with Gasteiger partial charge in [0.25, 0.3) is 5.91 Å². The summed E-state index contributed by atoms with van der Waals surface area (Å²) in [5.74, 6) is 2.11. The van der Waals surface area contributed by atoms with Crippen LogP contribution in [-0.4, -0.2) is 60.7 Å². The quantitative estimate of drug-likeness (QED) is 0.504. The van der Waals surface area contributed by atoms with E-state index >= 15 is 0 Å². The smallest absolute Gasteiger partial charge is 0.259 e. The van der Waals surface area contributed by atoms with Crippen molar-refractivity contribution >= 4 is 28.2 Å². The fourth-order valence-electron chi connectivity index (χ4n) is 3.88. The van der Waals surface area contributed by atoms with Crippen molar-refractivity contribution in [3.63, 3.8) is 0 Å². The van der Waals surface area contributed by atoms with E-state index in [2.05, 4.69) is 30.6 Å². The maximum Gasteiger partial charge on any atom is 0.259 e. The number of nitrogens with zero attached hydrogens (tertiary/aromatic N) is 5. The highest BCUT2D eigenvalue weighted by atomic mass is 32.1. The van der Waals surface area contributed by atoms with Crippen LogP contribution in [0.15, 0.2) is 36.5 Å². The van der Waals surface area contributed by atoms with Gasteiger partial charge in [-0.05, 0) is 42.2 Å². The number of aromatic nitrogens is 4. The Morgan fingerprint density at radius 1 is 1.18 bits per heavy atom. The molecule has 0 saturated carbocycles. The zero-order chi connectivity index (χ0) is 23.2. The number of hydrogen-bond acceptors (Lipinski definition) is 10. The molecule has 4 rings (SSSR count). The van der Waals surface area contributed by atoms with Gasteiger partial charge in [-0.1, -0.05) is 17.4 Å². The summed E-state index contributed by atoms with van der Waals surface area (Å²) in [6, 6.07) is 9.09. The van der Waals surface area contributed by atoms with Gasteiger partial charge in [0.05, 0.1) is 14.2 Å². The first-order chi connectivity index (χ1) is 16.1. The summed E-state index contributed by atoms with van der Waals surface area (Å²) in [5.41, 5.74) is 0.646. The summed E-state index contributed by atoms with van der Waals surface area (Å²) in [7, 11) is 4.59. The van der Waals surface area contributed by atoms with Crippen LogP contribution in [0.5, 0.6) is 11.5 Å². The van der Waals surface area contributed by atoms with Crippen molar-refractivity contribution < 1.29 is 19.0 Å². The van der Waals surface area contributed by atoms with Gasteiger partial charge in [0.1, 0.15) is 5.01 Å². The van der Waals surface area contributed by atoms with Crippen LogP contribution >= 0.6 is 11.3 Å². The lowest BCUT2D eigenvalue weighted by atomic mass is 10.1. The van der Waals surface area contributed by atoms with Crippen molar-refractivity contribution in [2.24, 2.45) is 5.92 Å². The molecule has 2 aromatic heterocycles. The molecular formula is C22H26N6O4S. The van der Waals surface area contributed by atoms with Gasteiger partial charge in [0.2, 0.25) is 5.13 Å². The third kappa shape index (κ3) is 5.37. The summed E-state index contributed by atoms with van der Waals surface area (Å²) < 4.78 is 16.0. The molecule has 1 fully saturated rings. The summed E-state index contributed by atoms with van der Waals surface area (Å²) in [6.45, 7) is 1.83. The Hall–Kier alpha value is -3.31. The standard InChI is InChI=1S/C22H26N6O4S/c1-30-16-7-6-15(12-17(16)31-2)20(32-3)21(29)24-22-27-26-19(33-22)11-14-8-10-28(13-14)18-5-4-9-23-25-18/h4-7,9,12,14,20H,8,10-11,13H2,1-3H3,(H,24,27,29)/t14-,20+/m0/s1. The van der Waals surface area contributed by atoms with Crippen LogP contribution in [-0.2, 0) is 16.0 Å².